The Morgan fingerprint density at radius 1 is 1.50 bits per heavy atom. The third-order valence-electron chi connectivity index (χ3n) is 3.88. The standard InChI is InChI=1S/C15H22N2O/c1-3-12-6-4-5-7-14(12)15(18)17-9-8-13(10-17)11(2)16/h4-7,11,13H,3,8-10,16H2,1-2H3. The van der Waals surface area contributed by atoms with Gasteiger partial charge in [0, 0.05) is 24.7 Å². The molecule has 1 fully saturated rings. The molecule has 0 radical (unpaired) electrons. The lowest BCUT2D eigenvalue weighted by Crippen LogP contribution is -2.33. The van der Waals surface area contributed by atoms with Gasteiger partial charge in [0.2, 0.25) is 0 Å². The van der Waals surface area contributed by atoms with Crippen molar-refractivity contribution in [2.45, 2.75) is 32.7 Å². The van der Waals surface area contributed by atoms with E-state index in [2.05, 4.69) is 6.92 Å². The monoisotopic (exact) mass is 246 g/mol. The normalized spacial score (nSPS) is 21.1. The van der Waals surface area contributed by atoms with Crippen LogP contribution in [0.1, 0.15) is 36.2 Å². The minimum Gasteiger partial charge on any atom is -0.338 e. The number of amides is 1. The van der Waals surface area contributed by atoms with E-state index in [0.29, 0.717) is 5.92 Å². The van der Waals surface area contributed by atoms with Crippen molar-refractivity contribution in [3.63, 3.8) is 0 Å². The van der Waals surface area contributed by atoms with Gasteiger partial charge in [-0.3, -0.25) is 4.79 Å². The summed E-state index contributed by atoms with van der Waals surface area (Å²) in [5.41, 5.74) is 7.90. The number of hydrogen-bond acceptors (Lipinski definition) is 2. The first kappa shape index (κ1) is 13.1. The van der Waals surface area contributed by atoms with Crippen LogP contribution in [0.25, 0.3) is 0 Å². The number of rotatable bonds is 3. The van der Waals surface area contributed by atoms with Gasteiger partial charge in [-0.1, -0.05) is 25.1 Å². The van der Waals surface area contributed by atoms with Crippen molar-refractivity contribution in [1.82, 2.24) is 4.90 Å². The quantitative estimate of drug-likeness (QED) is 0.887. The van der Waals surface area contributed by atoms with Gasteiger partial charge < -0.3 is 10.6 Å². The molecule has 0 aliphatic carbocycles. The van der Waals surface area contributed by atoms with Crippen LogP contribution in [0, 0.1) is 5.92 Å². The molecule has 1 aromatic rings. The van der Waals surface area contributed by atoms with Crippen LogP contribution in [0.4, 0.5) is 0 Å². The Labute approximate surface area is 109 Å². The van der Waals surface area contributed by atoms with Gasteiger partial charge in [0.25, 0.3) is 5.91 Å². The molecule has 2 N–H and O–H groups in total. The summed E-state index contributed by atoms with van der Waals surface area (Å²) in [6, 6.07) is 8.06. The van der Waals surface area contributed by atoms with Gasteiger partial charge in [-0.15, -0.1) is 0 Å². The van der Waals surface area contributed by atoms with E-state index in [1.54, 1.807) is 0 Å². The van der Waals surface area contributed by atoms with E-state index < -0.39 is 0 Å². The smallest absolute Gasteiger partial charge is 0.254 e. The third-order valence-corrected chi connectivity index (χ3v) is 3.88. The molecule has 98 valence electrons. The predicted molar refractivity (Wildman–Crippen MR) is 73.5 cm³/mol. The first-order chi connectivity index (χ1) is 8.63. The molecular weight excluding hydrogens is 224 g/mol. The first-order valence-corrected chi connectivity index (χ1v) is 6.76. The van der Waals surface area contributed by atoms with Crippen LogP contribution in [0.5, 0.6) is 0 Å². The van der Waals surface area contributed by atoms with Crippen molar-refractivity contribution >= 4 is 5.91 Å². The first-order valence-electron chi connectivity index (χ1n) is 6.76. The van der Waals surface area contributed by atoms with E-state index in [4.69, 9.17) is 5.73 Å². The predicted octanol–water partition coefficient (Wildman–Crippen LogP) is 2.06. The summed E-state index contributed by atoms with van der Waals surface area (Å²) in [6.45, 7) is 5.75. The molecule has 2 rings (SSSR count). The van der Waals surface area contributed by atoms with Crippen molar-refractivity contribution < 1.29 is 4.79 Å². The van der Waals surface area contributed by atoms with Crippen LogP contribution >= 0.6 is 0 Å². The van der Waals surface area contributed by atoms with Crippen LogP contribution < -0.4 is 5.73 Å². The highest BCUT2D eigenvalue weighted by Crippen LogP contribution is 2.22. The number of benzene rings is 1. The number of likely N-dealkylation sites (tertiary alicyclic amines) is 1. The van der Waals surface area contributed by atoms with Gasteiger partial charge in [-0.2, -0.15) is 0 Å². The topological polar surface area (TPSA) is 46.3 Å². The Balaban J connectivity index is 2.13. The lowest BCUT2D eigenvalue weighted by atomic mass is 10.0. The van der Waals surface area contributed by atoms with E-state index in [-0.39, 0.29) is 11.9 Å². The zero-order chi connectivity index (χ0) is 13.1. The van der Waals surface area contributed by atoms with Crippen LogP contribution in [-0.4, -0.2) is 29.9 Å². The fourth-order valence-corrected chi connectivity index (χ4v) is 2.61. The average molecular weight is 246 g/mol. The summed E-state index contributed by atoms with van der Waals surface area (Å²) in [4.78, 5) is 14.4. The highest BCUT2D eigenvalue weighted by molar-refractivity contribution is 5.95. The zero-order valence-corrected chi connectivity index (χ0v) is 11.2. The Bertz CT molecular complexity index is 428. The number of nitrogens with zero attached hydrogens (tertiary/aromatic N) is 1. The molecule has 3 heteroatoms. The van der Waals surface area contributed by atoms with Gasteiger partial charge in [0.1, 0.15) is 0 Å². The fraction of sp³-hybridized carbons (Fsp3) is 0.533. The van der Waals surface area contributed by atoms with E-state index in [1.165, 1.54) is 0 Å². The maximum atomic E-state index is 12.5. The zero-order valence-electron chi connectivity index (χ0n) is 11.2. The largest absolute Gasteiger partial charge is 0.338 e. The van der Waals surface area contributed by atoms with Crippen molar-refractivity contribution in [2.75, 3.05) is 13.1 Å². The molecule has 0 spiro atoms. The Hall–Kier alpha value is -1.35. The molecule has 1 heterocycles. The molecule has 1 amide bonds. The number of hydrogen-bond donors (Lipinski definition) is 1. The van der Waals surface area contributed by atoms with Crippen molar-refractivity contribution in [1.29, 1.82) is 0 Å². The number of aryl methyl sites for hydroxylation is 1. The van der Waals surface area contributed by atoms with Crippen molar-refractivity contribution in [2.24, 2.45) is 11.7 Å². The maximum absolute atomic E-state index is 12.5. The summed E-state index contributed by atoms with van der Waals surface area (Å²) in [7, 11) is 0. The molecule has 0 aromatic heterocycles. The Morgan fingerprint density at radius 3 is 2.83 bits per heavy atom. The average Bonchev–Trinajstić information content (AvgIpc) is 2.87. The molecule has 18 heavy (non-hydrogen) atoms. The molecule has 2 unspecified atom stereocenters. The van der Waals surface area contributed by atoms with E-state index in [0.717, 1.165) is 37.1 Å². The lowest BCUT2D eigenvalue weighted by molar-refractivity contribution is 0.0785. The van der Waals surface area contributed by atoms with Crippen LogP contribution in [-0.2, 0) is 6.42 Å². The maximum Gasteiger partial charge on any atom is 0.254 e. The van der Waals surface area contributed by atoms with Gasteiger partial charge in [-0.05, 0) is 37.3 Å². The van der Waals surface area contributed by atoms with Gasteiger partial charge in [0.05, 0.1) is 0 Å². The minimum atomic E-state index is 0.163. The summed E-state index contributed by atoms with van der Waals surface area (Å²) < 4.78 is 0. The van der Waals surface area contributed by atoms with E-state index in [9.17, 15) is 4.79 Å². The van der Waals surface area contributed by atoms with Crippen LogP contribution in [0.2, 0.25) is 0 Å². The van der Waals surface area contributed by atoms with E-state index in [1.807, 2.05) is 36.1 Å². The third kappa shape index (κ3) is 2.56. The summed E-state index contributed by atoms with van der Waals surface area (Å²) in [6.07, 6.45) is 1.92. The molecule has 1 aliphatic rings. The minimum absolute atomic E-state index is 0.163. The number of carbonyl (C=O) groups is 1. The highest BCUT2D eigenvalue weighted by Gasteiger charge is 2.29. The second kappa shape index (κ2) is 5.53. The fourth-order valence-electron chi connectivity index (χ4n) is 2.61. The SMILES string of the molecule is CCc1ccccc1C(=O)N1CCC(C(C)N)C1. The Kier molecular flexibility index (Phi) is 4.02. The van der Waals surface area contributed by atoms with Crippen LogP contribution in [0.3, 0.4) is 0 Å². The molecule has 3 nitrogen and oxygen atoms in total. The number of carbonyl (C=O) groups excluding carboxylic acids is 1. The second-order valence-corrected chi connectivity index (χ2v) is 5.17. The second-order valence-electron chi connectivity index (χ2n) is 5.17. The van der Waals surface area contributed by atoms with Crippen LogP contribution in [0.15, 0.2) is 24.3 Å². The lowest BCUT2D eigenvalue weighted by Gasteiger charge is -2.19. The van der Waals surface area contributed by atoms with Gasteiger partial charge in [-0.25, -0.2) is 0 Å². The van der Waals surface area contributed by atoms with Gasteiger partial charge in [0.15, 0.2) is 0 Å². The highest BCUT2D eigenvalue weighted by atomic mass is 16.2. The van der Waals surface area contributed by atoms with Gasteiger partial charge >= 0.3 is 0 Å². The molecule has 1 aliphatic heterocycles. The molecular formula is C15H22N2O. The molecule has 0 bridgehead atoms. The summed E-state index contributed by atoms with van der Waals surface area (Å²) >= 11 is 0. The summed E-state index contributed by atoms with van der Waals surface area (Å²) in [5.74, 6) is 0.610. The van der Waals surface area contributed by atoms with Crippen molar-refractivity contribution in [3.8, 4) is 0 Å². The number of nitrogens with two attached hydrogens (primary N) is 1. The molecule has 0 saturated carbocycles. The Morgan fingerprint density at radius 2 is 2.22 bits per heavy atom. The van der Waals surface area contributed by atoms with Crippen molar-refractivity contribution in [3.05, 3.63) is 35.4 Å². The molecule has 1 saturated heterocycles. The van der Waals surface area contributed by atoms with E-state index >= 15 is 0 Å². The molecule has 1 aromatic carbocycles. The molecule has 2 atom stereocenters. The summed E-state index contributed by atoms with van der Waals surface area (Å²) in [5, 5.41) is 0.